The molecule has 0 radical (unpaired) electrons. The van der Waals surface area contributed by atoms with Gasteiger partial charge in [-0.05, 0) is 42.6 Å². The Labute approximate surface area is 126 Å². The minimum Gasteiger partial charge on any atom is -0.306 e. The van der Waals surface area contributed by atoms with Gasteiger partial charge in [0.1, 0.15) is 5.82 Å². The Kier molecular flexibility index (Phi) is 5.99. The monoisotopic (exact) mass is 281 g/mol. The summed E-state index contributed by atoms with van der Waals surface area (Å²) in [5.74, 6) is 2.45. The number of hydrogen-bond acceptors (Lipinski definition) is 1. The third-order valence-electron chi connectivity index (χ3n) is 3.43. The summed E-state index contributed by atoms with van der Waals surface area (Å²) in [6, 6.07) is 17.0. The van der Waals surface area contributed by atoms with Gasteiger partial charge < -0.3 is 5.32 Å². The Balaban J connectivity index is 2.08. The van der Waals surface area contributed by atoms with Gasteiger partial charge in [-0.2, -0.15) is 0 Å². The van der Waals surface area contributed by atoms with Crippen molar-refractivity contribution >= 4 is 0 Å². The molecule has 0 fully saturated rings. The van der Waals surface area contributed by atoms with Gasteiger partial charge in [0.25, 0.3) is 0 Å². The number of halogens is 1. The van der Waals surface area contributed by atoms with Crippen molar-refractivity contribution in [2.24, 2.45) is 0 Å². The van der Waals surface area contributed by atoms with Gasteiger partial charge in [0.05, 0.1) is 6.04 Å². The Morgan fingerprint density at radius 2 is 1.62 bits per heavy atom. The molecule has 0 aliphatic heterocycles. The van der Waals surface area contributed by atoms with Crippen LogP contribution in [-0.4, -0.2) is 6.54 Å². The summed E-state index contributed by atoms with van der Waals surface area (Å²) in [5, 5.41) is 3.54. The molecular formula is C19H20FN. The Bertz CT molecular complexity index is 569. The van der Waals surface area contributed by atoms with E-state index in [0.29, 0.717) is 0 Å². The van der Waals surface area contributed by atoms with E-state index in [1.807, 2.05) is 30.3 Å². The highest BCUT2D eigenvalue weighted by molar-refractivity contribution is 5.31. The summed E-state index contributed by atoms with van der Waals surface area (Å²) < 4.78 is 13.1. The van der Waals surface area contributed by atoms with E-state index in [9.17, 15) is 4.39 Å². The van der Waals surface area contributed by atoms with Gasteiger partial charge in [-0.3, -0.25) is 0 Å². The largest absolute Gasteiger partial charge is 0.306 e. The van der Waals surface area contributed by atoms with Crippen LogP contribution in [0.25, 0.3) is 0 Å². The molecule has 1 N–H and O–H groups in total. The average molecular weight is 281 g/mol. The van der Waals surface area contributed by atoms with Crippen molar-refractivity contribution in [1.82, 2.24) is 5.32 Å². The maximum absolute atomic E-state index is 13.1. The van der Waals surface area contributed by atoms with E-state index in [0.717, 1.165) is 31.4 Å². The Morgan fingerprint density at radius 1 is 0.952 bits per heavy atom. The molecule has 1 atom stereocenters. The molecule has 0 aliphatic carbocycles. The lowest BCUT2D eigenvalue weighted by Crippen LogP contribution is -2.23. The molecule has 1 nitrogen and oxygen atoms in total. The Hall–Kier alpha value is -2.11. The van der Waals surface area contributed by atoms with Crippen LogP contribution in [0.4, 0.5) is 4.39 Å². The van der Waals surface area contributed by atoms with Crippen LogP contribution in [0, 0.1) is 18.2 Å². The first kappa shape index (κ1) is 15.3. The van der Waals surface area contributed by atoms with Crippen molar-refractivity contribution in [2.45, 2.75) is 25.3 Å². The summed E-state index contributed by atoms with van der Waals surface area (Å²) in [6.45, 7) is 0.888. The molecule has 0 spiro atoms. The van der Waals surface area contributed by atoms with Crippen molar-refractivity contribution in [3.05, 3.63) is 71.5 Å². The van der Waals surface area contributed by atoms with E-state index in [-0.39, 0.29) is 11.9 Å². The molecule has 108 valence electrons. The van der Waals surface area contributed by atoms with E-state index in [1.165, 1.54) is 17.7 Å². The molecule has 2 aromatic rings. The summed E-state index contributed by atoms with van der Waals surface area (Å²) in [6.07, 6.45) is 8.13. The van der Waals surface area contributed by atoms with Gasteiger partial charge >= 0.3 is 0 Å². The van der Waals surface area contributed by atoms with Gasteiger partial charge in [-0.15, -0.1) is 12.3 Å². The molecule has 1 unspecified atom stereocenters. The molecule has 0 saturated heterocycles. The fourth-order valence-corrected chi connectivity index (χ4v) is 2.33. The molecule has 2 rings (SSSR count). The van der Waals surface area contributed by atoms with E-state index in [4.69, 9.17) is 6.42 Å². The van der Waals surface area contributed by atoms with Crippen molar-refractivity contribution in [3.63, 3.8) is 0 Å². The van der Waals surface area contributed by atoms with Gasteiger partial charge in [0, 0.05) is 6.42 Å². The predicted molar refractivity (Wildman–Crippen MR) is 85.4 cm³/mol. The lowest BCUT2D eigenvalue weighted by Gasteiger charge is -2.20. The highest BCUT2D eigenvalue weighted by atomic mass is 19.1. The second-order valence-electron chi connectivity index (χ2n) is 5.01. The lowest BCUT2D eigenvalue weighted by molar-refractivity contribution is 0.570. The SMILES string of the molecule is C#CCCCCNC(c1ccccc1)c1ccc(F)cc1. The topological polar surface area (TPSA) is 12.0 Å². The summed E-state index contributed by atoms with van der Waals surface area (Å²) in [7, 11) is 0. The minimum atomic E-state index is -0.209. The van der Waals surface area contributed by atoms with Crippen LogP contribution in [0.5, 0.6) is 0 Å². The normalized spacial score (nSPS) is 11.8. The maximum Gasteiger partial charge on any atom is 0.123 e. The fourth-order valence-electron chi connectivity index (χ4n) is 2.33. The van der Waals surface area contributed by atoms with Crippen LogP contribution >= 0.6 is 0 Å². The summed E-state index contributed by atoms with van der Waals surface area (Å²) in [4.78, 5) is 0. The highest BCUT2D eigenvalue weighted by Crippen LogP contribution is 2.22. The van der Waals surface area contributed by atoms with Gasteiger partial charge in [-0.1, -0.05) is 42.5 Å². The lowest BCUT2D eigenvalue weighted by atomic mass is 9.98. The molecule has 0 aliphatic rings. The first-order chi connectivity index (χ1) is 10.3. The molecule has 0 heterocycles. The fraction of sp³-hybridized carbons (Fsp3) is 0.263. The van der Waals surface area contributed by atoms with Crippen LogP contribution in [-0.2, 0) is 0 Å². The van der Waals surface area contributed by atoms with E-state index in [2.05, 4.69) is 23.4 Å². The first-order valence-corrected chi connectivity index (χ1v) is 7.28. The van der Waals surface area contributed by atoms with Crippen molar-refractivity contribution < 1.29 is 4.39 Å². The number of rotatable bonds is 7. The van der Waals surface area contributed by atoms with Crippen LogP contribution < -0.4 is 5.32 Å². The van der Waals surface area contributed by atoms with Gasteiger partial charge in [-0.25, -0.2) is 4.39 Å². The number of terminal acetylenes is 1. The third kappa shape index (κ3) is 4.73. The third-order valence-corrected chi connectivity index (χ3v) is 3.43. The second kappa shape index (κ2) is 8.24. The Morgan fingerprint density at radius 3 is 2.29 bits per heavy atom. The van der Waals surface area contributed by atoms with Crippen molar-refractivity contribution in [2.75, 3.05) is 6.54 Å². The predicted octanol–water partition coefficient (Wildman–Crippen LogP) is 4.31. The number of benzene rings is 2. The number of hydrogen-bond donors (Lipinski definition) is 1. The molecular weight excluding hydrogens is 261 g/mol. The zero-order valence-electron chi connectivity index (χ0n) is 12.1. The van der Waals surface area contributed by atoms with Crippen LogP contribution in [0.1, 0.15) is 36.4 Å². The van der Waals surface area contributed by atoms with Gasteiger partial charge in [0.15, 0.2) is 0 Å². The molecule has 0 amide bonds. The highest BCUT2D eigenvalue weighted by Gasteiger charge is 2.12. The number of unbranched alkanes of at least 4 members (excludes halogenated alkanes) is 2. The minimum absolute atomic E-state index is 0.0811. The van der Waals surface area contributed by atoms with Crippen LogP contribution in [0.3, 0.4) is 0 Å². The maximum atomic E-state index is 13.1. The van der Waals surface area contributed by atoms with Crippen molar-refractivity contribution in [1.29, 1.82) is 0 Å². The molecule has 0 saturated carbocycles. The zero-order valence-corrected chi connectivity index (χ0v) is 12.1. The van der Waals surface area contributed by atoms with E-state index < -0.39 is 0 Å². The van der Waals surface area contributed by atoms with Gasteiger partial charge in [0.2, 0.25) is 0 Å². The summed E-state index contributed by atoms with van der Waals surface area (Å²) in [5.41, 5.74) is 2.25. The standard InChI is InChI=1S/C19H20FN/c1-2-3-4-8-15-21-19(16-9-6-5-7-10-16)17-11-13-18(20)14-12-17/h1,5-7,9-14,19,21H,3-4,8,15H2. The second-order valence-corrected chi connectivity index (χ2v) is 5.01. The van der Waals surface area contributed by atoms with Crippen LogP contribution in [0.2, 0.25) is 0 Å². The first-order valence-electron chi connectivity index (χ1n) is 7.28. The molecule has 2 heteroatoms. The average Bonchev–Trinajstić information content (AvgIpc) is 2.53. The van der Waals surface area contributed by atoms with E-state index in [1.54, 1.807) is 0 Å². The number of nitrogens with one attached hydrogen (secondary N) is 1. The smallest absolute Gasteiger partial charge is 0.123 e. The van der Waals surface area contributed by atoms with E-state index >= 15 is 0 Å². The molecule has 0 aromatic heterocycles. The molecule has 21 heavy (non-hydrogen) atoms. The zero-order chi connectivity index (χ0) is 14.9. The molecule has 0 bridgehead atoms. The van der Waals surface area contributed by atoms with Crippen molar-refractivity contribution in [3.8, 4) is 12.3 Å². The summed E-state index contributed by atoms with van der Waals surface area (Å²) >= 11 is 0. The van der Waals surface area contributed by atoms with Crippen LogP contribution in [0.15, 0.2) is 54.6 Å². The molecule has 2 aromatic carbocycles. The quantitative estimate of drug-likeness (QED) is 0.589.